The van der Waals surface area contributed by atoms with Crippen molar-refractivity contribution in [1.82, 2.24) is 5.32 Å². The highest BCUT2D eigenvalue weighted by Gasteiger charge is 2.16. The van der Waals surface area contributed by atoms with E-state index in [0.29, 0.717) is 13.2 Å². The number of carbonyl (C=O) groups is 1. The second-order valence-electron chi connectivity index (χ2n) is 3.50. The molecule has 19 heavy (non-hydrogen) atoms. The molecule has 0 saturated heterocycles. The minimum Gasteiger partial charge on any atom is -0.477 e. The molecule has 0 fully saturated rings. The number of nitro benzene ring substituents is 1. The molecule has 0 heterocycles. The lowest BCUT2D eigenvalue weighted by Gasteiger charge is -2.07. The van der Waals surface area contributed by atoms with Gasteiger partial charge < -0.3 is 14.8 Å². The van der Waals surface area contributed by atoms with Gasteiger partial charge in [-0.2, -0.15) is 0 Å². The van der Waals surface area contributed by atoms with Gasteiger partial charge in [-0.3, -0.25) is 14.9 Å². The Labute approximate surface area is 114 Å². The SMILES string of the molecule is COCCNC(=O)COc1ccc(Cl)cc1[N+](=O)[O-]. The molecule has 1 aromatic carbocycles. The average molecular weight is 289 g/mol. The van der Waals surface area contributed by atoms with E-state index >= 15 is 0 Å². The first kappa shape index (κ1) is 15.2. The number of benzene rings is 1. The molecule has 0 bridgehead atoms. The lowest BCUT2D eigenvalue weighted by Crippen LogP contribution is -2.31. The van der Waals surface area contributed by atoms with Crippen molar-refractivity contribution in [2.45, 2.75) is 0 Å². The first-order chi connectivity index (χ1) is 9.04. The van der Waals surface area contributed by atoms with Gasteiger partial charge in [0.2, 0.25) is 0 Å². The summed E-state index contributed by atoms with van der Waals surface area (Å²) in [5, 5.41) is 13.5. The largest absolute Gasteiger partial charge is 0.477 e. The number of ether oxygens (including phenoxy) is 2. The van der Waals surface area contributed by atoms with Crippen LogP contribution < -0.4 is 10.1 Å². The van der Waals surface area contributed by atoms with Gasteiger partial charge in [-0.05, 0) is 12.1 Å². The number of hydrogen-bond donors (Lipinski definition) is 1. The van der Waals surface area contributed by atoms with Crippen molar-refractivity contribution < 1.29 is 19.2 Å². The highest BCUT2D eigenvalue weighted by atomic mass is 35.5. The first-order valence-corrected chi connectivity index (χ1v) is 5.74. The summed E-state index contributed by atoms with van der Waals surface area (Å²) in [7, 11) is 1.51. The van der Waals surface area contributed by atoms with Crippen LogP contribution in [0.25, 0.3) is 0 Å². The number of rotatable bonds is 7. The molecular weight excluding hydrogens is 276 g/mol. The van der Waals surface area contributed by atoms with Gasteiger partial charge in [0.1, 0.15) is 0 Å². The fraction of sp³-hybridized carbons (Fsp3) is 0.364. The molecule has 1 aromatic rings. The van der Waals surface area contributed by atoms with Gasteiger partial charge in [0.15, 0.2) is 12.4 Å². The molecule has 0 saturated carbocycles. The zero-order valence-corrected chi connectivity index (χ0v) is 11.0. The van der Waals surface area contributed by atoms with Crippen LogP contribution in [-0.2, 0) is 9.53 Å². The van der Waals surface area contributed by atoms with Gasteiger partial charge in [0.05, 0.1) is 11.5 Å². The first-order valence-electron chi connectivity index (χ1n) is 5.37. The maximum Gasteiger partial charge on any atom is 0.312 e. The summed E-state index contributed by atoms with van der Waals surface area (Å²) >= 11 is 5.65. The van der Waals surface area contributed by atoms with Crippen LogP contribution in [0.3, 0.4) is 0 Å². The van der Waals surface area contributed by atoms with Gasteiger partial charge in [0, 0.05) is 24.7 Å². The summed E-state index contributed by atoms with van der Waals surface area (Å²) in [5.41, 5.74) is -0.280. The Balaban J connectivity index is 2.57. The zero-order chi connectivity index (χ0) is 14.3. The number of halogens is 1. The predicted molar refractivity (Wildman–Crippen MR) is 68.5 cm³/mol. The maximum absolute atomic E-state index is 11.4. The summed E-state index contributed by atoms with van der Waals surface area (Å²) in [6.45, 7) is 0.417. The predicted octanol–water partition coefficient (Wildman–Crippen LogP) is 1.39. The van der Waals surface area contributed by atoms with E-state index in [1.165, 1.54) is 25.3 Å². The number of nitro groups is 1. The highest BCUT2D eigenvalue weighted by Crippen LogP contribution is 2.29. The van der Waals surface area contributed by atoms with Crippen molar-refractivity contribution in [3.05, 3.63) is 33.3 Å². The molecule has 0 aliphatic rings. The van der Waals surface area contributed by atoms with Crippen molar-refractivity contribution in [1.29, 1.82) is 0 Å². The lowest BCUT2D eigenvalue weighted by molar-refractivity contribution is -0.385. The second-order valence-corrected chi connectivity index (χ2v) is 3.94. The van der Waals surface area contributed by atoms with E-state index in [4.69, 9.17) is 21.1 Å². The van der Waals surface area contributed by atoms with Crippen molar-refractivity contribution in [2.24, 2.45) is 0 Å². The molecule has 0 spiro atoms. The van der Waals surface area contributed by atoms with Crippen LogP contribution in [0.15, 0.2) is 18.2 Å². The number of nitrogens with zero attached hydrogens (tertiary/aromatic N) is 1. The van der Waals surface area contributed by atoms with Crippen LogP contribution in [0.5, 0.6) is 5.75 Å². The summed E-state index contributed by atoms with van der Waals surface area (Å²) in [5.74, 6) is -0.391. The highest BCUT2D eigenvalue weighted by molar-refractivity contribution is 6.30. The van der Waals surface area contributed by atoms with Crippen LogP contribution in [0.1, 0.15) is 0 Å². The van der Waals surface area contributed by atoms with Crippen LogP contribution in [0.4, 0.5) is 5.69 Å². The second kappa shape index (κ2) is 7.55. The molecular formula is C11H13ClN2O5. The number of nitrogens with one attached hydrogen (secondary N) is 1. The zero-order valence-electron chi connectivity index (χ0n) is 10.2. The number of carbonyl (C=O) groups excluding carboxylic acids is 1. The van der Waals surface area contributed by atoms with E-state index in [2.05, 4.69) is 5.32 Å². The summed E-state index contributed by atoms with van der Waals surface area (Å²) < 4.78 is 9.85. The number of methoxy groups -OCH3 is 1. The Hall–Kier alpha value is -1.86. The third kappa shape index (κ3) is 5.11. The molecule has 1 N–H and O–H groups in total. The van der Waals surface area contributed by atoms with Crippen LogP contribution in [0, 0.1) is 10.1 Å². The van der Waals surface area contributed by atoms with Gasteiger partial charge in [-0.1, -0.05) is 11.6 Å². The van der Waals surface area contributed by atoms with Crippen LogP contribution >= 0.6 is 11.6 Å². The number of amides is 1. The van der Waals surface area contributed by atoms with E-state index < -0.39 is 4.92 Å². The van der Waals surface area contributed by atoms with Gasteiger partial charge >= 0.3 is 5.69 Å². The summed E-state index contributed by atoms with van der Waals surface area (Å²) in [6.07, 6.45) is 0. The molecule has 0 atom stereocenters. The third-order valence-electron chi connectivity index (χ3n) is 2.10. The molecule has 1 amide bonds. The third-order valence-corrected chi connectivity index (χ3v) is 2.34. The monoisotopic (exact) mass is 288 g/mol. The van der Waals surface area contributed by atoms with Gasteiger partial charge in [-0.15, -0.1) is 0 Å². The molecule has 7 nitrogen and oxygen atoms in total. The molecule has 0 aliphatic carbocycles. The lowest BCUT2D eigenvalue weighted by atomic mass is 10.3. The Bertz CT molecular complexity index is 466. The van der Waals surface area contributed by atoms with Gasteiger partial charge in [-0.25, -0.2) is 0 Å². The smallest absolute Gasteiger partial charge is 0.312 e. The Kier molecular flexibility index (Phi) is 6.04. The average Bonchev–Trinajstić information content (AvgIpc) is 2.37. The Morgan fingerprint density at radius 1 is 1.53 bits per heavy atom. The normalized spacial score (nSPS) is 10.0. The standard InChI is InChI=1S/C11H13ClN2O5/c1-18-5-4-13-11(15)7-19-10-3-2-8(12)6-9(10)14(16)17/h2-3,6H,4-5,7H2,1H3,(H,13,15). The molecule has 0 aromatic heterocycles. The van der Waals surface area contributed by atoms with E-state index in [9.17, 15) is 14.9 Å². The summed E-state index contributed by atoms with van der Waals surface area (Å²) in [4.78, 5) is 21.5. The fourth-order valence-corrected chi connectivity index (χ4v) is 1.41. The van der Waals surface area contributed by atoms with Crippen molar-refractivity contribution in [3.63, 3.8) is 0 Å². The van der Waals surface area contributed by atoms with E-state index in [0.717, 1.165) is 0 Å². The molecule has 8 heteroatoms. The van der Waals surface area contributed by atoms with E-state index in [-0.39, 0.29) is 29.0 Å². The number of hydrogen-bond acceptors (Lipinski definition) is 5. The van der Waals surface area contributed by atoms with E-state index in [1.807, 2.05) is 0 Å². The Morgan fingerprint density at radius 3 is 2.89 bits per heavy atom. The van der Waals surface area contributed by atoms with Crippen molar-refractivity contribution in [2.75, 3.05) is 26.9 Å². The molecule has 104 valence electrons. The van der Waals surface area contributed by atoms with Crippen molar-refractivity contribution in [3.8, 4) is 5.75 Å². The van der Waals surface area contributed by atoms with E-state index in [1.54, 1.807) is 0 Å². The summed E-state index contributed by atoms with van der Waals surface area (Å²) in [6, 6.07) is 3.97. The van der Waals surface area contributed by atoms with Crippen molar-refractivity contribution >= 4 is 23.2 Å². The quantitative estimate of drug-likeness (QED) is 0.465. The Morgan fingerprint density at radius 2 is 2.26 bits per heavy atom. The van der Waals surface area contributed by atoms with Gasteiger partial charge in [0.25, 0.3) is 5.91 Å². The van der Waals surface area contributed by atoms with Crippen LogP contribution in [-0.4, -0.2) is 37.7 Å². The minimum atomic E-state index is -0.621. The minimum absolute atomic E-state index is 0.00343. The fourth-order valence-electron chi connectivity index (χ4n) is 1.24. The topological polar surface area (TPSA) is 90.7 Å². The molecule has 0 unspecified atom stereocenters. The maximum atomic E-state index is 11.4. The molecule has 0 aliphatic heterocycles. The molecule has 1 rings (SSSR count). The van der Waals surface area contributed by atoms with Crippen LogP contribution in [0.2, 0.25) is 5.02 Å². The molecule has 0 radical (unpaired) electrons.